The van der Waals surface area contributed by atoms with E-state index in [9.17, 15) is 17.1 Å². The van der Waals surface area contributed by atoms with Crippen LogP contribution in [0.1, 0.15) is 6.42 Å². The summed E-state index contributed by atoms with van der Waals surface area (Å²) in [6.45, 7) is -0.262. The van der Waals surface area contributed by atoms with Crippen LogP contribution in [0.15, 0.2) is 23.1 Å². The van der Waals surface area contributed by atoms with E-state index in [1.54, 1.807) is 6.07 Å². The number of nitrogens with zero attached hydrogens (tertiary/aromatic N) is 2. The van der Waals surface area contributed by atoms with Gasteiger partial charge in [0.25, 0.3) is 0 Å². The number of thioether (sulfide) groups is 1. The third-order valence-electron chi connectivity index (χ3n) is 2.86. The maximum Gasteiger partial charge on any atom is 0.307 e. The number of carbonyl (C=O) groups is 1. The van der Waals surface area contributed by atoms with E-state index in [2.05, 4.69) is 0 Å². The predicted octanol–water partition coefficient (Wildman–Crippen LogP) is 2.32. The molecule has 9 heteroatoms. The number of thiocyanates is 1. The van der Waals surface area contributed by atoms with Crippen LogP contribution in [0.2, 0.25) is 5.02 Å². The second kappa shape index (κ2) is 5.60. The Kier molecular flexibility index (Phi) is 4.22. The monoisotopic (exact) mass is 334 g/mol. The normalized spacial score (nSPS) is 19.1. The average Bonchev–Trinajstić information content (AvgIpc) is 2.72. The number of nitriles is 1. The van der Waals surface area contributed by atoms with E-state index in [4.69, 9.17) is 16.9 Å². The molecular formula is C11H8ClFN2O3S2. The molecule has 1 aliphatic rings. The Hall–Kier alpha value is -1.30. The average molecular weight is 335 g/mol. The van der Waals surface area contributed by atoms with E-state index in [-0.39, 0.29) is 11.6 Å². The van der Waals surface area contributed by atoms with Crippen LogP contribution in [0.25, 0.3) is 0 Å². The number of hydrogen-bond acceptors (Lipinski definition) is 5. The van der Waals surface area contributed by atoms with Crippen molar-refractivity contribution in [3.63, 3.8) is 0 Å². The molecule has 0 radical (unpaired) electrons. The van der Waals surface area contributed by atoms with Crippen molar-refractivity contribution in [3.05, 3.63) is 23.2 Å². The zero-order chi connectivity index (χ0) is 14.9. The van der Waals surface area contributed by atoms with Gasteiger partial charge in [-0.3, -0.25) is 4.79 Å². The molecule has 20 heavy (non-hydrogen) atoms. The van der Waals surface area contributed by atoms with Gasteiger partial charge in [-0.05, 0) is 30.0 Å². The summed E-state index contributed by atoms with van der Waals surface area (Å²) in [6.07, 6.45) is -0.399. The highest BCUT2D eigenvalue weighted by Crippen LogP contribution is 2.34. The summed E-state index contributed by atoms with van der Waals surface area (Å²) in [5, 5.41) is 9.28. The molecule has 0 spiro atoms. The van der Waals surface area contributed by atoms with Gasteiger partial charge < -0.3 is 4.90 Å². The molecule has 0 aromatic heterocycles. The Morgan fingerprint density at radius 2 is 2.20 bits per heavy atom. The van der Waals surface area contributed by atoms with Gasteiger partial charge in [0.2, 0.25) is 5.91 Å². The Bertz CT molecular complexity index is 702. The molecule has 2 rings (SSSR count). The quantitative estimate of drug-likeness (QED) is 0.481. The van der Waals surface area contributed by atoms with Crippen molar-refractivity contribution in [1.82, 2.24) is 0 Å². The molecule has 1 saturated heterocycles. The minimum absolute atomic E-state index is 0.204. The second-order valence-corrected chi connectivity index (χ2v) is 7.00. The van der Waals surface area contributed by atoms with Gasteiger partial charge in [-0.25, -0.2) is 0 Å². The predicted molar refractivity (Wildman–Crippen MR) is 73.7 cm³/mol. The number of halogens is 2. The lowest BCUT2D eigenvalue weighted by atomic mass is 10.3. The molecule has 1 atom stereocenters. The second-order valence-electron chi connectivity index (χ2n) is 4.11. The first-order valence-electron chi connectivity index (χ1n) is 5.42. The number of anilines is 1. The Labute approximate surface area is 124 Å². The molecule has 0 saturated carbocycles. The number of carbonyl (C=O) groups excluding carboxylic acids is 1. The number of hydrogen-bond donors (Lipinski definition) is 0. The molecule has 1 aromatic carbocycles. The van der Waals surface area contributed by atoms with Crippen LogP contribution in [0.5, 0.6) is 0 Å². The molecule has 1 unspecified atom stereocenters. The standard InChI is InChI=1S/C11H8ClFN2O3S2/c12-9-3-7(19-6-14)1-2-10(9)15-5-8(4-11(15)16)20(13,17)18/h1-3,8H,4-5H2. The van der Waals surface area contributed by atoms with Gasteiger partial charge in [0.05, 0.1) is 10.7 Å². The smallest absolute Gasteiger partial charge is 0.307 e. The number of rotatable bonds is 3. The van der Waals surface area contributed by atoms with Gasteiger partial charge in [0, 0.05) is 17.9 Å². The van der Waals surface area contributed by atoms with Gasteiger partial charge >= 0.3 is 10.2 Å². The molecule has 1 heterocycles. The van der Waals surface area contributed by atoms with Crippen molar-refractivity contribution in [2.75, 3.05) is 11.4 Å². The van der Waals surface area contributed by atoms with Crippen molar-refractivity contribution < 1.29 is 17.1 Å². The summed E-state index contributed by atoms with van der Waals surface area (Å²) >= 11 is 6.92. The van der Waals surface area contributed by atoms with E-state index in [0.29, 0.717) is 10.6 Å². The Balaban J connectivity index is 2.29. The van der Waals surface area contributed by atoms with Crippen LogP contribution in [0.4, 0.5) is 9.57 Å². The van der Waals surface area contributed by atoms with Crippen LogP contribution in [0, 0.1) is 10.7 Å². The highest BCUT2D eigenvalue weighted by Gasteiger charge is 2.39. The molecule has 1 aromatic rings. The SMILES string of the molecule is N#CSc1ccc(N2CC(S(=O)(=O)F)CC2=O)c(Cl)c1. The van der Waals surface area contributed by atoms with E-state index < -0.39 is 27.8 Å². The van der Waals surface area contributed by atoms with Crippen LogP contribution in [-0.2, 0) is 15.0 Å². The highest BCUT2D eigenvalue weighted by molar-refractivity contribution is 8.03. The molecule has 5 nitrogen and oxygen atoms in total. The molecule has 1 fully saturated rings. The van der Waals surface area contributed by atoms with Crippen molar-refractivity contribution >= 4 is 45.2 Å². The summed E-state index contributed by atoms with van der Waals surface area (Å²) in [7, 11) is -4.76. The molecule has 1 amide bonds. The maximum absolute atomic E-state index is 12.9. The summed E-state index contributed by atoms with van der Waals surface area (Å²) < 4.78 is 34.7. The topological polar surface area (TPSA) is 78.2 Å². The number of benzene rings is 1. The van der Waals surface area contributed by atoms with Crippen molar-refractivity contribution in [1.29, 1.82) is 5.26 Å². The molecule has 0 bridgehead atoms. The number of amides is 1. The lowest BCUT2D eigenvalue weighted by Crippen LogP contribution is -2.27. The fourth-order valence-corrected chi connectivity index (χ4v) is 3.35. The van der Waals surface area contributed by atoms with Gasteiger partial charge in [0.1, 0.15) is 10.7 Å². The lowest BCUT2D eigenvalue weighted by Gasteiger charge is -2.17. The summed E-state index contributed by atoms with van der Waals surface area (Å²) in [6, 6.07) is 4.59. The largest absolute Gasteiger partial charge is 0.309 e. The first kappa shape index (κ1) is 15.1. The van der Waals surface area contributed by atoms with Crippen LogP contribution in [0.3, 0.4) is 0 Å². The highest BCUT2D eigenvalue weighted by atomic mass is 35.5. The van der Waals surface area contributed by atoms with Crippen LogP contribution < -0.4 is 4.90 Å². The zero-order valence-electron chi connectivity index (χ0n) is 9.92. The maximum atomic E-state index is 12.9. The van der Waals surface area contributed by atoms with Gasteiger partial charge in [-0.15, -0.1) is 3.89 Å². The zero-order valence-corrected chi connectivity index (χ0v) is 12.3. The summed E-state index contributed by atoms with van der Waals surface area (Å²) in [5.74, 6) is -0.501. The van der Waals surface area contributed by atoms with Crippen LogP contribution >= 0.6 is 23.4 Å². The van der Waals surface area contributed by atoms with E-state index in [0.717, 1.165) is 16.7 Å². The minimum Gasteiger partial charge on any atom is -0.309 e. The van der Waals surface area contributed by atoms with Gasteiger partial charge in [0.15, 0.2) is 0 Å². The van der Waals surface area contributed by atoms with E-state index in [1.165, 1.54) is 12.1 Å². The summed E-state index contributed by atoms with van der Waals surface area (Å²) in [5.41, 5.74) is 0.310. The van der Waals surface area contributed by atoms with Crippen molar-refractivity contribution in [2.24, 2.45) is 0 Å². The third kappa shape index (κ3) is 3.06. The summed E-state index contributed by atoms with van der Waals surface area (Å²) in [4.78, 5) is 13.5. The van der Waals surface area contributed by atoms with Crippen molar-refractivity contribution in [3.8, 4) is 5.40 Å². The first-order chi connectivity index (χ1) is 9.32. The lowest BCUT2D eigenvalue weighted by molar-refractivity contribution is -0.117. The van der Waals surface area contributed by atoms with Crippen LogP contribution in [-0.4, -0.2) is 26.1 Å². The third-order valence-corrected chi connectivity index (χ3v) is 4.86. The fourth-order valence-electron chi connectivity index (χ4n) is 1.92. The Morgan fingerprint density at radius 1 is 1.50 bits per heavy atom. The van der Waals surface area contributed by atoms with E-state index in [1.807, 2.05) is 5.40 Å². The first-order valence-corrected chi connectivity index (χ1v) is 8.06. The molecule has 0 aliphatic carbocycles. The van der Waals surface area contributed by atoms with E-state index >= 15 is 0 Å². The van der Waals surface area contributed by atoms with Gasteiger partial charge in [-0.2, -0.15) is 13.7 Å². The van der Waals surface area contributed by atoms with Gasteiger partial charge in [-0.1, -0.05) is 11.6 Å². The molecule has 1 aliphatic heterocycles. The Morgan fingerprint density at radius 3 is 2.70 bits per heavy atom. The molecule has 106 valence electrons. The van der Waals surface area contributed by atoms with Crippen molar-refractivity contribution in [2.45, 2.75) is 16.6 Å². The fraction of sp³-hybridized carbons (Fsp3) is 0.273. The minimum atomic E-state index is -4.76. The molecule has 0 N–H and O–H groups in total. The molecular weight excluding hydrogens is 327 g/mol.